The number of nitriles is 1. The first-order valence-corrected chi connectivity index (χ1v) is 6.77. The van der Waals surface area contributed by atoms with Gasteiger partial charge in [0.1, 0.15) is 17.5 Å². The molecule has 1 saturated heterocycles. The number of benzene rings is 1. The molecule has 106 valence electrons. The summed E-state index contributed by atoms with van der Waals surface area (Å²) < 4.78 is 5.22. The number of amides is 1. The second-order valence-corrected chi connectivity index (χ2v) is 5.06. The number of methoxy groups -OCH3 is 1. The summed E-state index contributed by atoms with van der Waals surface area (Å²) in [5, 5.41) is 15.3. The maximum Gasteiger partial charge on any atom is 0.227 e. The molecule has 1 aliphatic heterocycles. The van der Waals surface area contributed by atoms with Gasteiger partial charge in [0.15, 0.2) is 0 Å². The molecule has 1 aliphatic rings. The van der Waals surface area contributed by atoms with Gasteiger partial charge in [0.2, 0.25) is 5.91 Å². The molecule has 0 aromatic heterocycles. The molecule has 0 spiro atoms. The highest BCUT2D eigenvalue weighted by Gasteiger charge is 2.26. The van der Waals surface area contributed by atoms with Gasteiger partial charge in [0.25, 0.3) is 0 Å². The van der Waals surface area contributed by atoms with Crippen molar-refractivity contribution in [2.45, 2.75) is 25.8 Å². The minimum absolute atomic E-state index is 0.0253. The third-order valence-corrected chi connectivity index (χ3v) is 3.61. The lowest BCUT2D eigenvalue weighted by Gasteiger charge is -2.27. The average molecular weight is 273 g/mol. The minimum Gasteiger partial charge on any atom is -0.495 e. The molecule has 0 bridgehead atoms. The zero-order valence-electron chi connectivity index (χ0n) is 11.8. The molecule has 2 unspecified atom stereocenters. The van der Waals surface area contributed by atoms with Crippen molar-refractivity contribution in [1.29, 1.82) is 5.26 Å². The highest BCUT2D eigenvalue weighted by Crippen LogP contribution is 2.29. The van der Waals surface area contributed by atoms with Crippen LogP contribution in [0.5, 0.6) is 5.75 Å². The van der Waals surface area contributed by atoms with Gasteiger partial charge in [-0.1, -0.05) is 6.07 Å². The highest BCUT2D eigenvalue weighted by molar-refractivity contribution is 5.95. The van der Waals surface area contributed by atoms with E-state index in [9.17, 15) is 4.79 Å². The van der Waals surface area contributed by atoms with Gasteiger partial charge in [-0.3, -0.25) is 4.79 Å². The number of rotatable bonds is 3. The van der Waals surface area contributed by atoms with Crippen molar-refractivity contribution in [3.63, 3.8) is 0 Å². The quantitative estimate of drug-likeness (QED) is 0.882. The molecule has 0 radical (unpaired) electrons. The third kappa shape index (κ3) is 3.09. The third-order valence-electron chi connectivity index (χ3n) is 3.61. The van der Waals surface area contributed by atoms with Gasteiger partial charge in [-0.05, 0) is 38.4 Å². The lowest BCUT2D eigenvalue weighted by Crippen LogP contribution is -2.40. The maximum atomic E-state index is 12.3. The first-order valence-electron chi connectivity index (χ1n) is 6.77. The summed E-state index contributed by atoms with van der Waals surface area (Å²) >= 11 is 0. The number of piperidine rings is 1. The number of carbonyl (C=O) groups is 1. The van der Waals surface area contributed by atoms with Crippen molar-refractivity contribution in [2.24, 2.45) is 5.92 Å². The standard InChI is InChI=1S/C15H19N3O2/c1-10-8-11(6-7-17-10)15(19)18-14-12(9-16)4-3-5-13(14)20-2/h3-5,10-11,17H,6-8H2,1-2H3,(H,18,19). The summed E-state index contributed by atoms with van der Waals surface area (Å²) in [5.74, 6) is 0.446. The minimum atomic E-state index is -0.0423. The lowest BCUT2D eigenvalue weighted by atomic mass is 9.92. The van der Waals surface area contributed by atoms with E-state index >= 15 is 0 Å². The highest BCUT2D eigenvalue weighted by atomic mass is 16.5. The maximum absolute atomic E-state index is 12.3. The number of nitrogens with one attached hydrogen (secondary N) is 2. The van der Waals surface area contributed by atoms with Gasteiger partial charge in [-0.15, -0.1) is 0 Å². The Morgan fingerprint density at radius 2 is 2.35 bits per heavy atom. The van der Waals surface area contributed by atoms with Gasteiger partial charge in [0.05, 0.1) is 12.7 Å². The van der Waals surface area contributed by atoms with Crippen LogP contribution in [0.15, 0.2) is 18.2 Å². The van der Waals surface area contributed by atoms with E-state index in [1.165, 1.54) is 7.11 Å². The Bertz CT molecular complexity index is 536. The molecule has 2 N–H and O–H groups in total. The first-order chi connectivity index (χ1) is 9.65. The summed E-state index contributed by atoms with van der Waals surface area (Å²) in [7, 11) is 1.53. The van der Waals surface area contributed by atoms with Crippen molar-refractivity contribution in [2.75, 3.05) is 19.0 Å². The second-order valence-electron chi connectivity index (χ2n) is 5.06. The van der Waals surface area contributed by atoms with Crippen LogP contribution in [0.3, 0.4) is 0 Å². The van der Waals surface area contributed by atoms with Crippen LogP contribution < -0.4 is 15.4 Å². The summed E-state index contributed by atoms with van der Waals surface area (Å²) in [5.41, 5.74) is 0.883. The smallest absolute Gasteiger partial charge is 0.227 e. The Hall–Kier alpha value is -2.06. The predicted octanol–water partition coefficient (Wildman–Crippen LogP) is 1.89. The van der Waals surface area contributed by atoms with E-state index in [4.69, 9.17) is 10.00 Å². The number of hydrogen-bond acceptors (Lipinski definition) is 4. The van der Waals surface area contributed by atoms with Gasteiger partial charge >= 0.3 is 0 Å². The monoisotopic (exact) mass is 273 g/mol. The zero-order chi connectivity index (χ0) is 14.5. The Morgan fingerprint density at radius 3 is 3.00 bits per heavy atom. The molecule has 20 heavy (non-hydrogen) atoms. The number of anilines is 1. The molecular weight excluding hydrogens is 254 g/mol. The van der Waals surface area contributed by atoms with Crippen LogP contribution in [0, 0.1) is 17.2 Å². The summed E-state index contributed by atoms with van der Waals surface area (Å²) in [6.07, 6.45) is 1.62. The van der Waals surface area contributed by atoms with Gasteiger partial charge in [-0.25, -0.2) is 0 Å². The Morgan fingerprint density at radius 1 is 1.55 bits per heavy atom. The average Bonchev–Trinajstić information content (AvgIpc) is 2.47. The van der Waals surface area contributed by atoms with Gasteiger partial charge in [-0.2, -0.15) is 5.26 Å². The molecule has 2 rings (SSSR count). The molecule has 1 aromatic rings. The number of nitrogens with zero attached hydrogens (tertiary/aromatic N) is 1. The molecule has 0 saturated carbocycles. The Balaban J connectivity index is 2.17. The van der Waals surface area contributed by atoms with Crippen LogP contribution in [-0.4, -0.2) is 25.6 Å². The molecule has 1 amide bonds. The zero-order valence-corrected chi connectivity index (χ0v) is 11.8. The molecule has 5 heteroatoms. The molecular formula is C15H19N3O2. The van der Waals surface area contributed by atoms with Crippen molar-refractivity contribution in [1.82, 2.24) is 5.32 Å². The van der Waals surface area contributed by atoms with Crippen LogP contribution in [0.2, 0.25) is 0 Å². The number of hydrogen-bond donors (Lipinski definition) is 2. The van der Waals surface area contributed by atoms with Gasteiger partial charge in [0, 0.05) is 12.0 Å². The fraction of sp³-hybridized carbons (Fsp3) is 0.467. The number of ether oxygens (including phenoxy) is 1. The van der Waals surface area contributed by atoms with Crippen LogP contribution in [-0.2, 0) is 4.79 Å². The van der Waals surface area contributed by atoms with E-state index in [0.29, 0.717) is 23.0 Å². The van der Waals surface area contributed by atoms with E-state index in [2.05, 4.69) is 23.6 Å². The SMILES string of the molecule is COc1cccc(C#N)c1NC(=O)C1CCNC(C)C1. The van der Waals surface area contributed by atoms with Crippen LogP contribution in [0.4, 0.5) is 5.69 Å². The van der Waals surface area contributed by atoms with Crippen molar-refractivity contribution in [3.8, 4) is 11.8 Å². The van der Waals surface area contributed by atoms with E-state index in [-0.39, 0.29) is 11.8 Å². The lowest BCUT2D eigenvalue weighted by molar-refractivity contribution is -0.120. The predicted molar refractivity (Wildman–Crippen MR) is 76.5 cm³/mol. The van der Waals surface area contributed by atoms with Crippen LogP contribution >= 0.6 is 0 Å². The second kappa shape index (κ2) is 6.40. The molecule has 1 aromatic carbocycles. The topological polar surface area (TPSA) is 74.1 Å². The van der Waals surface area contributed by atoms with Gasteiger partial charge < -0.3 is 15.4 Å². The van der Waals surface area contributed by atoms with Crippen molar-refractivity contribution in [3.05, 3.63) is 23.8 Å². The summed E-state index contributed by atoms with van der Waals surface area (Å²) in [6.45, 7) is 2.92. The fourth-order valence-electron chi connectivity index (χ4n) is 2.52. The molecule has 2 atom stereocenters. The number of carbonyl (C=O) groups excluding carboxylic acids is 1. The van der Waals surface area contributed by atoms with Crippen LogP contribution in [0.25, 0.3) is 0 Å². The first kappa shape index (κ1) is 14.4. The Labute approximate surface area is 118 Å². The molecule has 1 heterocycles. The number of para-hydroxylation sites is 1. The largest absolute Gasteiger partial charge is 0.495 e. The normalized spacial score (nSPS) is 21.9. The van der Waals surface area contributed by atoms with Crippen molar-refractivity contribution >= 4 is 11.6 Å². The molecule has 5 nitrogen and oxygen atoms in total. The summed E-state index contributed by atoms with van der Waals surface area (Å²) in [4.78, 5) is 12.3. The molecule has 1 fully saturated rings. The van der Waals surface area contributed by atoms with Crippen molar-refractivity contribution < 1.29 is 9.53 Å². The Kier molecular flexibility index (Phi) is 4.59. The van der Waals surface area contributed by atoms with E-state index in [0.717, 1.165) is 19.4 Å². The molecule has 0 aliphatic carbocycles. The van der Waals surface area contributed by atoms with E-state index < -0.39 is 0 Å². The fourth-order valence-corrected chi connectivity index (χ4v) is 2.52. The van der Waals surface area contributed by atoms with Crippen LogP contribution in [0.1, 0.15) is 25.3 Å². The van der Waals surface area contributed by atoms with E-state index in [1.54, 1.807) is 18.2 Å². The van der Waals surface area contributed by atoms with E-state index in [1.807, 2.05) is 0 Å². The summed E-state index contributed by atoms with van der Waals surface area (Å²) in [6, 6.07) is 7.56.